The molecule has 1 fully saturated rings. The van der Waals surface area contributed by atoms with Crippen molar-refractivity contribution in [2.24, 2.45) is 10.9 Å². The van der Waals surface area contributed by atoms with Gasteiger partial charge >= 0.3 is 0 Å². The average molecular weight is 439 g/mol. The van der Waals surface area contributed by atoms with Crippen LogP contribution < -0.4 is 15.4 Å². The van der Waals surface area contributed by atoms with Crippen molar-refractivity contribution in [3.8, 4) is 11.5 Å². The number of rotatable bonds is 10. The number of likely N-dealkylation sites (tertiary alicyclic amines) is 1. The summed E-state index contributed by atoms with van der Waals surface area (Å²) in [5.41, 5.74) is 2.32. The molecule has 1 heterocycles. The lowest BCUT2D eigenvalue weighted by Crippen LogP contribution is -2.38. The van der Waals surface area contributed by atoms with E-state index in [2.05, 4.69) is 22.8 Å². The second-order valence-corrected chi connectivity index (χ2v) is 8.05. The summed E-state index contributed by atoms with van der Waals surface area (Å²) >= 11 is 0. The summed E-state index contributed by atoms with van der Waals surface area (Å²) in [7, 11) is 1.55. The van der Waals surface area contributed by atoms with Crippen LogP contribution in [0.25, 0.3) is 0 Å². The van der Waals surface area contributed by atoms with Crippen molar-refractivity contribution in [2.45, 2.75) is 26.2 Å². The van der Waals surface area contributed by atoms with E-state index < -0.39 is 0 Å². The van der Waals surface area contributed by atoms with Gasteiger partial charge in [-0.15, -0.1) is 0 Å². The molecular weight excluding hydrogens is 404 g/mol. The molecule has 2 aromatic carbocycles. The van der Waals surface area contributed by atoms with Gasteiger partial charge in [-0.05, 0) is 43.0 Å². The summed E-state index contributed by atoms with van der Waals surface area (Å²) in [5, 5.41) is 16.3. The maximum absolute atomic E-state index is 12.4. The van der Waals surface area contributed by atoms with E-state index in [4.69, 9.17) is 9.73 Å². The molecule has 3 N–H and O–H groups in total. The number of amides is 1. The molecule has 1 aliphatic heterocycles. The number of hydrogen-bond acceptors (Lipinski definition) is 4. The molecule has 1 saturated heterocycles. The zero-order chi connectivity index (χ0) is 22.8. The highest BCUT2D eigenvalue weighted by atomic mass is 16.5. The van der Waals surface area contributed by atoms with Crippen LogP contribution >= 0.6 is 0 Å². The molecule has 1 atom stereocenters. The fraction of sp³-hybridized carbons (Fsp3) is 0.440. The normalized spacial score (nSPS) is 16.3. The number of phenolic OH excluding ortho intramolecular Hbond substituents is 1. The van der Waals surface area contributed by atoms with Gasteiger partial charge in [0.15, 0.2) is 17.5 Å². The van der Waals surface area contributed by atoms with Gasteiger partial charge in [-0.1, -0.05) is 36.4 Å². The van der Waals surface area contributed by atoms with Crippen LogP contribution in [0, 0.1) is 5.92 Å². The number of benzene rings is 2. The molecule has 3 rings (SSSR count). The van der Waals surface area contributed by atoms with Gasteiger partial charge in [0.25, 0.3) is 0 Å². The summed E-state index contributed by atoms with van der Waals surface area (Å²) in [6.45, 7) is 5.65. The molecule has 0 spiro atoms. The van der Waals surface area contributed by atoms with E-state index in [0.717, 1.165) is 44.0 Å². The number of carbonyl (C=O) groups is 1. The van der Waals surface area contributed by atoms with E-state index in [1.54, 1.807) is 13.2 Å². The molecule has 1 aliphatic rings. The number of phenols is 1. The number of nitrogens with one attached hydrogen (secondary N) is 2. The van der Waals surface area contributed by atoms with Crippen LogP contribution in [0.2, 0.25) is 0 Å². The molecule has 0 radical (unpaired) electrons. The first-order valence-corrected chi connectivity index (χ1v) is 11.3. The van der Waals surface area contributed by atoms with E-state index in [1.807, 2.05) is 42.2 Å². The fourth-order valence-electron chi connectivity index (χ4n) is 3.87. The Morgan fingerprint density at radius 2 is 1.97 bits per heavy atom. The van der Waals surface area contributed by atoms with E-state index in [9.17, 15) is 9.90 Å². The lowest BCUT2D eigenvalue weighted by molar-refractivity contribution is -0.127. The Labute approximate surface area is 190 Å². The number of methoxy groups -OCH3 is 1. The molecule has 0 saturated carbocycles. The third-order valence-electron chi connectivity index (χ3n) is 5.61. The molecule has 0 aromatic heterocycles. The first-order chi connectivity index (χ1) is 15.6. The molecule has 1 unspecified atom stereocenters. The van der Waals surface area contributed by atoms with Crippen molar-refractivity contribution >= 4 is 11.9 Å². The number of aromatic hydroxyl groups is 1. The Kier molecular flexibility index (Phi) is 8.78. The van der Waals surface area contributed by atoms with Crippen LogP contribution in [0.5, 0.6) is 11.5 Å². The van der Waals surface area contributed by atoms with Crippen molar-refractivity contribution in [3.63, 3.8) is 0 Å². The molecule has 7 heteroatoms. The van der Waals surface area contributed by atoms with Gasteiger partial charge in [0.05, 0.1) is 7.11 Å². The van der Waals surface area contributed by atoms with Crippen molar-refractivity contribution in [2.75, 3.05) is 39.8 Å². The lowest BCUT2D eigenvalue weighted by Gasteiger charge is -2.16. The highest BCUT2D eigenvalue weighted by Crippen LogP contribution is 2.26. The second-order valence-electron chi connectivity index (χ2n) is 8.05. The summed E-state index contributed by atoms with van der Waals surface area (Å²) < 4.78 is 5.17. The fourth-order valence-corrected chi connectivity index (χ4v) is 3.87. The topological polar surface area (TPSA) is 86.2 Å². The first-order valence-electron chi connectivity index (χ1n) is 11.3. The molecule has 32 heavy (non-hydrogen) atoms. The third-order valence-corrected chi connectivity index (χ3v) is 5.61. The smallest absolute Gasteiger partial charge is 0.223 e. The van der Waals surface area contributed by atoms with E-state index in [0.29, 0.717) is 25.3 Å². The number of nitrogens with zero attached hydrogens (tertiary/aromatic N) is 2. The third kappa shape index (κ3) is 6.90. The molecule has 0 bridgehead atoms. The Morgan fingerprint density at radius 3 is 2.72 bits per heavy atom. The average Bonchev–Trinajstić information content (AvgIpc) is 3.17. The Bertz CT molecular complexity index is 901. The molecular formula is C25H34N4O3. The van der Waals surface area contributed by atoms with Crippen LogP contribution in [-0.4, -0.2) is 61.7 Å². The summed E-state index contributed by atoms with van der Waals surface area (Å²) in [6.07, 6.45) is 2.22. The standard InChI is InChI=1S/C25H34N4O3/c1-3-26-25(27-13-11-20-9-10-22(30)23(15-20)32-2)28-17-21-16-24(31)29(18-21)14-12-19-7-5-4-6-8-19/h4-10,15,21,30H,3,11-14,16-18H2,1-2H3,(H2,26,27,28). The van der Waals surface area contributed by atoms with E-state index >= 15 is 0 Å². The van der Waals surface area contributed by atoms with Gasteiger partial charge in [-0.25, -0.2) is 0 Å². The van der Waals surface area contributed by atoms with Crippen molar-refractivity contribution in [3.05, 3.63) is 59.7 Å². The number of guanidine groups is 1. The minimum absolute atomic E-state index is 0.142. The predicted octanol–water partition coefficient (Wildman–Crippen LogP) is 2.59. The van der Waals surface area contributed by atoms with Gasteiger partial charge in [-0.3, -0.25) is 9.79 Å². The van der Waals surface area contributed by atoms with Gasteiger partial charge in [0.2, 0.25) is 5.91 Å². The molecule has 1 amide bonds. The maximum Gasteiger partial charge on any atom is 0.223 e. The van der Waals surface area contributed by atoms with E-state index in [1.165, 1.54) is 5.56 Å². The predicted molar refractivity (Wildman–Crippen MR) is 127 cm³/mol. The molecule has 172 valence electrons. The highest BCUT2D eigenvalue weighted by molar-refractivity contribution is 5.80. The van der Waals surface area contributed by atoms with E-state index in [-0.39, 0.29) is 17.6 Å². The molecule has 7 nitrogen and oxygen atoms in total. The second kappa shape index (κ2) is 12.0. The largest absolute Gasteiger partial charge is 0.504 e. The monoisotopic (exact) mass is 438 g/mol. The number of carbonyl (C=O) groups excluding carboxylic acids is 1. The van der Waals surface area contributed by atoms with Crippen LogP contribution in [0.1, 0.15) is 24.5 Å². The summed E-state index contributed by atoms with van der Waals surface area (Å²) in [4.78, 5) is 19.1. The quantitative estimate of drug-likeness (QED) is 0.392. The Hall–Kier alpha value is -3.22. The number of hydrogen-bond donors (Lipinski definition) is 3. The summed E-state index contributed by atoms with van der Waals surface area (Å²) in [6, 6.07) is 15.7. The van der Waals surface area contributed by atoms with Gasteiger partial charge in [0.1, 0.15) is 0 Å². The van der Waals surface area contributed by atoms with Gasteiger partial charge in [0, 0.05) is 45.1 Å². The summed E-state index contributed by atoms with van der Waals surface area (Å²) in [5.74, 6) is 1.85. The lowest BCUT2D eigenvalue weighted by atomic mass is 10.1. The van der Waals surface area contributed by atoms with Crippen LogP contribution in [0.15, 0.2) is 53.5 Å². The van der Waals surface area contributed by atoms with Crippen LogP contribution in [0.4, 0.5) is 0 Å². The zero-order valence-electron chi connectivity index (χ0n) is 19.0. The minimum Gasteiger partial charge on any atom is -0.504 e. The number of aliphatic imine (C=N–C) groups is 1. The highest BCUT2D eigenvalue weighted by Gasteiger charge is 2.29. The van der Waals surface area contributed by atoms with Gasteiger partial charge < -0.3 is 25.4 Å². The van der Waals surface area contributed by atoms with Crippen LogP contribution in [0.3, 0.4) is 0 Å². The first kappa shape index (κ1) is 23.4. The van der Waals surface area contributed by atoms with Crippen molar-refractivity contribution in [1.29, 1.82) is 0 Å². The number of ether oxygens (including phenoxy) is 1. The zero-order valence-corrected chi connectivity index (χ0v) is 19.0. The Balaban J connectivity index is 1.46. The van der Waals surface area contributed by atoms with Gasteiger partial charge in [-0.2, -0.15) is 0 Å². The Morgan fingerprint density at radius 1 is 1.16 bits per heavy atom. The molecule has 0 aliphatic carbocycles. The van der Waals surface area contributed by atoms with Crippen molar-refractivity contribution < 1.29 is 14.6 Å². The SMILES string of the molecule is CCNC(=NCC1CC(=O)N(CCc2ccccc2)C1)NCCc1ccc(O)c(OC)c1. The maximum atomic E-state index is 12.4. The van der Waals surface area contributed by atoms with Crippen molar-refractivity contribution in [1.82, 2.24) is 15.5 Å². The minimum atomic E-state index is 0.142. The molecule has 2 aromatic rings. The van der Waals surface area contributed by atoms with Crippen LogP contribution in [-0.2, 0) is 17.6 Å².